The number of nitrogens with zero attached hydrogens (tertiary/aromatic N) is 2. The number of thiazole rings is 1. The van der Waals surface area contributed by atoms with Crippen molar-refractivity contribution in [2.45, 2.75) is 64.1 Å². The van der Waals surface area contributed by atoms with E-state index in [4.69, 9.17) is 0 Å². The predicted molar refractivity (Wildman–Crippen MR) is 77.3 cm³/mol. The highest BCUT2D eigenvalue weighted by Crippen LogP contribution is 2.31. The Labute approximate surface area is 114 Å². The van der Waals surface area contributed by atoms with Crippen LogP contribution in [0.25, 0.3) is 0 Å². The van der Waals surface area contributed by atoms with Gasteiger partial charge in [0.2, 0.25) is 0 Å². The lowest BCUT2D eigenvalue weighted by Crippen LogP contribution is -2.32. The van der Waals surface area contributed by atoms with E-state index in [1.807, 2.05) is 11.3 Å². The van der Waals surface area contributed by atoms with Crippen LogP contribution in [0.4, 0.5) is 5.13 Å². The Morgan fingerprint density at radius 1 is 1.33 bits per heavy atom. The zero-order chi connectivity index (χ0) is 12.4. The summed E-state index contributed by atoms with van der Waals surface area (Å²) < 4.78 is 0. The van der Waals surface area contributed by atoms with Crippen molar-refractivity contribution in [3.8, 4) is 0 Å². The van der Waals surface area contributed by atoms with Crippen LogP contribution in [0.5, 0.6) is 0 Å². The zero-order valence-electron chi connectivity index (χ0n) is 11.2. The van der Waals surface area contributed by atoms with Crippen molar-refractivity contribution in [3.63, 3.8) is 0 Å². The molecule has 3 nitrogen and oxygen atoms in total. The van der Waals surface area contributed by atoms with Gasteiger partial charge in [-0.3, -0.25) is 0 Å². The summed E-state index contributed by atoms with van der Waals surface area (Å²) >= 11 is 1.87. The maximum absolute atomic E-state index is 4.63. The van der Waals surface area contributed by atoms with E-state index in [-0.39, 0.29) is 0 Å². The molecule has 18 heavy (non-hydrogen) atoms. The van der Waals surface area contributed by atoms with Gasteiger partial charge >= 0.3 is 0 Å². The molecule has 0 aromatic carbocycles. The predicted octanol–water partition coefficient (Wildman–Crippen LogP) is 3.16. The zero-order valence-corrected chi connectivity index (χ0v) is 12.0. The van der Waals surface area contributed by atoms with Crippen molar-refractivity contribution in [3.05, 3.63) is 11.1 Å². The Bertz CT molecular complexity index is 380. The van der Waals surface area contributed by atoms with Gasteiger partial charge in [0.15, 0.2) is 5.13 Å². The van der Waals surface area contributed by atoms with Crippen molar-refractivity contribution in [1.82, 2.24) is 10.3 Å². The van der Waals surface area contributed by atoms with Crippen LogP contribution in [0.3, 0.4) is 0 Å². The molecule has 2 saturated carbocycles. The standard InChI is InChI=1S/C14H23N3S/c1-2-17(12-5-3-4-6-12)14-16-10-13(18-14)9-15-11-7-8-11/h10-12,15H,2-9H2,1H3. The molecule has 1 heterocycles. The summed E-state index contributed by atoms with van der Waals surface area (Å²) in [6.45, 7) is 4.35. The summed E-state index contributed by atoms with van der Waals surface area (Å²) in [5.74, 6) is 0. The maximum atomic E-state index is 4.63. The lowest BCUT2D eigenvalue weighted by atomic mass is 10.2. The minimum atomic E-state index is 0.741. The first kappa shape index (κ1) is 12.4. The monoisotopic (exact) mass is 265 g/mol. The van der Waals surface area contributed by atoms with Crippen molar-refractivity contribution in [2.24, 2.45) is 0 Å². The first-order chi connectivity index (χ1) is 8.86. The van der Waals surface area contributed by atoms with Gasteiger partial charge in [-0.25, -0.2) is 4.98 Å². The number of rotatable bonds is 6. The molecule has 2 aliphatic carbocycles. The highest BCUT2D eigenvalue weighted by molar-refractivity contribution is 7.15. The van der Waals surface area contributed by atoms with E-state index in [2.05, 4.69) is 28.3 Å². The number of hydrogen-bond donors (Lipinski definition) is 1. The van der Waals surface area contributed by atoms with Gasteiger partial charge in [-0.1, -0.05) is 12.8 Å². The van der Waals surface area contributed by atoms with Gasteiger partial charge in [0.05, 0.1) is 0 Å². The minimum Gasteiger partial charge on any atom is -0.345 e. The first-order valence-electron chi connectivity index (χ1n) is 7.31. The molecule has 100 valence electrons. The van der Waals surface area contributed by atoms with E-state index in [0.29, 0.717) is 0 Å². The number of anilines is 1. The van der Waals surface area contributed by atoms with Crippen molar-refractivity contribution in [2.75, 3.05) is 11.4 Å². The van der Waals surface area contributed by atoms with Gasteiger partial charge in [0.25, 0.3) is 0 Å². The molecule has 3 rings (SSSR count). The Morgan fingerprint density at radius 3 is 2.78 bits per heavy atom. The third-order valence-corrected chi connectivity index (χ3v) is 5.07. The number of hydrogen-bond acceptors (Lipinski definition) is 4. The summed E-state index contributed by atoms with van der Waals surface area (Å²) in [6.07, 6.45) is 10.3. The molecule has 2 aliphatic rings. The van der Waals surface area contributed by atoms with Gasteiger partial charge in [-0.05, 0) is 32.6 Å². The summed E-state index contributed by atoms with van der Waals surface area (Å²) in [5.41, 5.74) is 0. The topological polar surface area (TPSA) is 28.2 Å². The molecule has 0 radical (unpaired) electrons. The fourth-order valence-electron chi connectivity index (χ4n) is 2.81. The Morgan fingerprint density at radius 2 is 2.11 bits per heavy atom. The third kappa shape index (κ3) is 2.86. The molecule has 0 atom stereocenters. The van der Waals surface area contributed by atoms with Gasteiger partial charge in [-0.2, -0.15) is 0 Å². The molecule has 1 N–H and O–H groups in total. The minimum absolute atomic E-state index is 0.741. The van der Waals surface area contributed by atoms with Crippen LogP contribution in [0, 0.1) is 0 Å². The molecule has 1 aromatic heterocycles. The Hall–Kier alpha value is -0.610. The highest BCUT2D eigenvalue weighted by atomic mass is 32.1. The number of nitrogens with one attached hydrogen (secondary N) is 1. The quantitative estimate of drug-likeness (QED) is 0.856. The van der Waals surface area contributed by atoms with Crippen molar-refractivity contribution in [1.29, 1.82) is 0 Å². The maximum Gasteiger partial charge on any atom is 0.185 e. The van der Waals surface area contributed by atoms with Crippen LogP contribution in [0.1, 0.15) is 50.3 Å². The van der Waals surface area contributed by atoms with Crippen LogP contribution in [-0.2, 0) is 6.54 Å². The Balaban J connectivity index is 1.61. The fourth-order valence-corrected chi connectivity index (χ4v) is 3.81. The molecule has 0 unspecified atom stereocenters. The molecular weight excluding hydrogens is 242 g/mol. The molecule has 0 amide bonds. The van der Waals surface area contributed by atoms with Crippen molar-refractivity contribution < 1.29 is 0 Å². The first-order valence-corrected chi connectivity index (χ1v) is 8.13. The third-order valence-electron chi connectivity index (χ3n) is 4.04. The average molecular weight is 265 g/mol. The summed E-state index contributed by atoms with van der Waals surface area (Å²) in [4.78, 5) is 8.53. The fraction of sp³-hybridized carbons (Fsp3) is 0.786. The van der Waals surface area contributed by atoms with E-state index in [1.165, 1.54) is 48.5 Å². The molecule has 0 bridgehead atoms. The largest absolute Gasteiger partial charge is 0.345 e. The summed E-state index contributed by atoms with van der Waals surface area (Å²) in [6, 6.07) is 1.53. The van der Waals surface area contributed by atoms with Crippen LogP contribution >= 0.6 is 11.3 Å². The highest BCUT2D eigenvalue weighted by Gasteiger charge is 2.24. The molecular formula is C14H23N3S. The smallest absolute Gasteiger partial charge is 0.185 e. The van der Waals surface area contributed by atoms with Gasteiger partial charge in [-0.15, -0.1) is 11.3 Å². The summed E-state index contributed by atoms with van der Waals surface area (Å²) in [5, 5.41) is 4.80. The summed E-state index contributed by atoms with van der Waals surface area (Å²) in [7, 11) is 0. The van der Waals surface area contributed by atoms with Crippen LogP contribution in [-0.4, -0.2) is 23.6 Å². The average Bonchev–Trinajstić information content (AvgIpc) is 2.89. The second-order valence-corrected chi connectivity index (χ2v) is 6.58. The van der Waals surface area contributed by atoms with Crippen LogP contribution < -0.4 is 10.2 Å². The van der Waals surface area contributed by atoms with Gasteiger partial charge in [0, 0.05) is 36.2 Å². The molecule has 4 heteroatoms. The lowest BCUT2D eigenvalue weighted by molar-refractivity contribution is 0.618. The molecule has 1 aromatic rings. The second kappa shape index (κ2) is 5.57. The van der Waals surface area contributed by atoms with E-state index in [9.17, 15) is 0 Å². The Kier molecular flexibility index (Phi) is 3.85. The van der Waals surface area contributed by atoms with Gasteiger partial charge < -0.3 is 10.2 Å². The van der Waals surface area contributed by atoms with E-state index < -0.39 is 0 Å². The van der Waals surface area contributed by atoms with E-state index >= 15 is 0 Å². The van der Waals surface area contributed by atoms with Crippen LogP contribution in [0.2, 0.25) is 0 Å². The normalized spacial score (nSPS) is 20.5. The van der Waals surface area contributed by atoms with E-state index in [0.717, 1.165) is 25.2 Å². The SMILES string of the molecule is CCN(c1ncc(CNC2CC2)s1)C1CCCC1. The van der Waals surface area contributed by atoms with Crippen LogP contribution in [0.15, 0.2) is 6.20 Å². The van der Waals surface area contributed by atoms with Crippen molar-refractivity contribution >= 4 is 16.5 Å². The molecule has 0 aliphatic heterocycles. The van der Waals surface area contributed by atoms with E-state index in [1.54, 1.807) is 0 Å². The molecule has 0 saturated heterocycles. The number of aromatic nitrogens is 1. The lowest BCUT2D eigenvalue weighted by Gasteiger charge is -2.26. The molecule has 0 spiro atoms. The second-order valence-electron chi connectivity index (χ2n) is 5.49. The van der Waals surface area contributed by atoms with Gasteiger partial charge in [0.1, 0.15) is 0 Å². The molecule has 2 fully saturated rings.